The monoisotopic (exact) mass is 324 g/mol. The Bertz CT molecular complexity index is 669. The maximum absolute atomic E-state index is 13.6. The van der Waals surface area contributed by atoms with Crippen LogP contribution in [0.2, 0.25) is 0 Å². The Balaban J connectivity index is 2.06. The number of carbonyl (C=O) groups excluding carboxylic acids is 1. The molecule has 1 aromatic carbocycles. The number of ketones is 1. The van der Waals surface area contributed by atoms with E-state index >= 15 is 0 Å². The molecule has 6 heteroatoms. The zero-order chi connectivity index (χ0) is 15.2. The summed E-state index contributed by atoms with van der Waals surface area (Å²) in [6.45, 7) is 2.52. The van der Waals surface area contributed by atoms with E-state index in [0.29, 0.717) is 22.4 Å². The first-order valence-corrected chi connectivity index (χ1v) is 7.67. The molecule has 2 aromatic rings. The van der Waals surface area contributed by atoms with Gasteiger partial charge in [0, 0.05) is 12.4 Å². The lowest BCUT2D eigenvalue weighted by Gasteiger charge is -1.99. The second-order valence-electron chi connectivity index (χ2n) is 4.40. The molecule has 0 atom stereocenters. The second-order valence-corrected chi connectivity index (χ2v) is 5.70. The Hall–Kier alpha value is -1.72. The van der Waals surface area contributed by atoms with E-state index in [9.17, 15) is 9.18 Å². The smallest absolute Gasteiger partial charge is 0.207 e. The standard InChI is InChI=1S/C15H14ClFN2OS/c1-10(8-16)6-7-18-15-19-9-13(21-15)14(20)11-4-2-3-5-12(11)17/h2-6,9H,7-8H2,1H3,(H,18,19). The number of aromatic nitrogens is 1. The van der Waals surface area contributed by atoms with Crippen LogP contribution in [0.5, 0.6) is 0 Å². The number of nitrogens with zero attached hydrogens (tertiary/aromatic N) is 1. The number of hydrogen-bond donors (Lipinski definition) is 1. The van der Waals surface area contributed by atoms with E-state index in [2.05, 4.69) is 10.3 Å². The van der Waals surface area contributed by atoms with Crippen LogP contribution in [0.15, 0.2) is 42.1 Å². The zero-order valence-electron chi connectivity index (χ0n) is 11.4. The van der Waals surface area contributed by atoms with Crippen LogP contribution in [-0.4, -0.2) is 23.2 Å². The van der Waals surface area contributed by atoms with Gasteiger partial charge >= 0.3 is 0 Å². The summed E-state index contributed by atoms with van der Waals surface area (Å²) in [5.41, 5.74) is 1.12. The topological polar surface area (TPSA) is 42.0 Å². The molecule has 1 heterocycles. The zero-order valence-corrected chi connectivity index (χ0v) is 13.0. The van der Waals surface area contributed by atoms with Gasteiger partial charge in [-0.25, -0.2) is 9.37 Å². The summed E-state index contributed by atoms with van der Waals surface area (Å²) in [6, 6.07) is 5.93. The van der Waals surface area contributed by atoms with Crippen LogP contribution in [0.4, 0.5) is 9.52 Å². The lowest BCUT2D eigenvalue weighted by Crippen LogP contribution is -2.01. The van der Waals surface area contributed by atoms with Gasteiger partial charge in [0.05, 0.1) is 16.6 Å². The maximum atomic E-state index is 13.6. The van der Waals surface area contributed by atoms with Crippen molar-refractivity contribution in [3.63, 3.8) is 0 Å². The van der Waals surface area contributed by atoms with Crippen LogP contribution in [0.1, 0.15) is 22.2 Å². The first-order valence-electron chi connectivity index (χ1n) is 6.32. The number of carbonyl (C=O) groups is 1. The van der Waals surface area contributed by atoms with Crippen molar-refractivity contribution >= 4 is 33.9 Å². The fourth-order valence-corrected chi connectivity index (χ4v) is 2.49. The summed E-state index contributed by atoms with van der Waals surface area (Å²) in [6.07, 6.45) is 3.41. The molecule has 0 bridgehead atoms. The summed E-state index contributed by atoms with van der Waals surface area (Å²) in [5, 5.41) is 3.70. The van der Waals surface area contributed by atoms with Crippen molar-refractivity contribution in [2.45, 2.75) is 6.92 Å². The molecule has 0 aliphatic rings. The predicted octanol–water partition coefficient (Wildman–Crippen LogP) is 4.11. The number of nitrogens with one attached hydrogen (secondary N) is 1. The van der Waals surface area contributed by atoms with Crippen molar-refractivity contribution in [1.82, 2.24) is 4.98 Å². The second kappa shape index (κ2) is 7.33. The summed E-state index contributed by atoms with van der Waals surface area (Å²) in [4.78, 5) is 16.7. The number of rotatable bonds is 6. The number of halogens is 2. The minimum absolute atomic E-state index is 0.0607. The molecule has 0 saturated heterocycles. The highest BCUT2D eigenvalue weighted by atomic mass is 35.5. The van der Waals surface area contributed by atoms with Crippen molar-refractivity contribution in [2.24, 2.45) is 0 Å². The molecule has 0 amide bonds. The molecule has 0 aliphatic carbocycles. The van der Waals surface area contributed by atoms with E-state index in [0.717, 1.165) is 5.57 Å². The highest BCUT2D eigenvalue weighted by Crippen LogP contribution is 2.22. The van der Waals surface area contributed by atoms with Gasteiger partial charge in [-0.15, -0.1) is 11.6 Å². The third-order valence-corrected chi connectivity index (χ3v) is 4.14. The summed E-state index contributed by atoms with van der Waals surface area (Å²) >= 11 is 6.88. The highest BCUT2D eigenvalue weighted by molar-refractivity contribution is 7.17. The Labute approximate surface area is 131 Å². The Morgan fingerprint density at radius 3 is 2.95 bits per heavy atom. The van der Waals surface area contributed by atoms with Gasteiger partial charge < -0.3 is 5.32 Å². The molecule has 110 valence electrons. The van der Waals surface area contributed by atoms with E-state index < -0.39 is 5.82 Å². The van der Waals surface area contributed by atoms with Crippen molar-refractivity contribution in [3.8, 4) is 0 Å². The molecular weight excluding hydrogens is 311 g/mol. The lowest BCUT2D eigenvalue weighted by molar-refractivity contribution is 0.103. The molecule has 0 saturated carbocycles. The summed E-state index contributed by atoms with van der Waals surface area (Å²) < 4.78 is 13.6. The fourth-order valence-electron chi connectivity index (χ4n) is 1.61. The number of thiazole rings is 1. The van der Waals surface area contributed by atoms with E-state index in [1.807, 2.05) is 13.0 Å². The van der Waals surface area contributed by atoms with E-state index in [-0.39, 0.29) is 11.3 Å². The summed E-state index contributed by atoms with van der Waals surface area (Å²) in [7, 11) is 0. The molecule has 1 N–H and O–H groups in total. The average molecular weight is 325 g/mol. The SMILES string of the molecule is CC(=CCNc1ncc(C(=O)c2ccccc2F)s1)CCl. The van der Waals surface area contributed by atoms with Gasteiger partial charge in [0.15, 0.2) is 5.13 Å². The molecular formula is C15H14ClFN2OS. The number of anilines is 1. The highest BCUT2D eigenvalue weighted by Gasteiger charge is 2.16. The molecule has 1 aromatic heterocycles. The fraction of sp³-hybridized carbons (Fsp3) is 0.200. The summed E-state index contributed by atoms with van der Waals surface area (Å²) in [5.74, 6) is -0.395. The van der Waals surface area contributed by atoms with Gasteiger partial charge in [0.1, 0.15) is 5.82 Å². The van der Waals surface area contributed by atoms with E-state index in [1.165, 1.54) is 29.7 Å². The van der Waals surface area contributed by atoms with Crippen LogP contribution < -0.4 is 5.32 Å². The third-order valence-electron chi connectivity index (χ3n) is 2.76. The molecule has 0 spiro atoms. The predicted molar refractivity (Wildman–Crippen MR) is 84.9 cm³/mol. The third kappa shape index (κ3) is 4.12. The molecule has 3 nitrogen and oxygen atoms in total. The maximum Gasteiger partial charge on any atom is 0.207 e. The Morgan fingerprint density at radius 2 is 2.24 bits per heavy atom. The van der Waals surface area contributed by atoms with Crippen molar-refractivity contribution in [3.05, 3.63) is 58.4 Å². The quantitative estimate of drug-likeness (QED) is 0.494. The number of allylic oxidation sites excluding steroid dienone is 1. The van der Waals surface area contributed by atoms with Crippen LogP contribution in [0.3, 0.4) is 0 Å². The molecule has 0 radical (unpaired) electrons. The number of benzene rings is 1. The van der Waals surface area contributed by atoms with Crippen LogP contribution in [0, 0.1) is 5.82 Å². The van der Waals surface area contributed by atoms with Gasteiger partial charge in [-0.3, -0.25) is 4.79 Å². The van der Waals surface area contributed by atoms with Crippen LogP contribution in [0.25, 0.3) is 0 Å². The first-order chi connectivity index (χ1) is 10.1. The van der Waals surface area contributed by atoms with Gasteiger partial charge in [0.2, 0.25) is 5.78 Å². The molecule has 21 heavy (non-hydrogen) atoms. The van der Waals surface area contributed by atoms with E-state index in [4.69, 9.17) is 11.6 Å². The van der Waals surface area contributed by atoms with Gasteiger partial charge in [0.25, 0.3) is 0 Å². The van der Waals surface area contributed by atoms with Gasteiger partial charge in [-0.1, -0.05) is 35.1 Å². The van der Waals surface area contributed by atoms with Crippen LogP contribution in [-0.2, 0) is 0 Å². The Kier molecular flexibility index (Phi) is 5.47. The number of hydrogen-bond acceptors (Lipinski definition) is 4. The normalized spacial score (nSPS) is 11.5. The molecule has 0 aliphatic heterocycles. The van der Waals surface area contributed by atoms with E-state index in [1.54, 1.807) is 12.1 Å². The first kappa shape index (κ1) is 15.7. The molecule has 0 unspecified atom stereocenters. The minimum Gasteiger partial charge on any atom is -0.358 e. The molecule has 2 rings (SSSR count). The minimum atomic E-state index is -0.522. The molecule has 0 fully saturated rings. The van der Waals surface area contributed by atoms with Crippen LogP contribution >= 0.6 is 22.9 Å². The van der Waals surface area contributed by atoms with Crippen molar-refractivity contribution < 1.29 is 9.18 Å². The Morgan fingerprint density at radius 1 is 1.48 bits per heavy atom. The van der Waals surface area contributed by atoms with Crippen molar-refractivity contribution in [1.29, 1.82) is 0 Å². The van der Waals surface area contributed by atoms with Gasteiger partial charge in [-0.2, -0.15) is 0 Å². The number of alkyl halides is 1. The average Bonchev–Trinajstić information content (AvgIpc) is 2.95. The lowest BCUT2D eigenvalue weighted by atomic mass is 10.1. The van der Waals surface area contributed by atoms with Crippen molar-refractivity contribution in [2.75, 3.05) is 17.7 Å². The van der Waals surface area contributed by atoms with Gasteiger partial charge in [-0.05, 0) is 19.1 Å². The largest absolute Gasteiger partial charge is 0.358 e.